The number of nitrogens with one attached hydrogen (secondary N) is 1. The van der Waals surface area contributed by atoms with E-state index in [4.69, 9.17) is 4.52 Å². The molecule has 3 rings (SSSR count). The summed E-state index contributed by atoms with van der Waals surface area (Å²) in [5, 5.41) is 20.8. The van der Waals surface area contributed by atoms with Gasteiger partial charge >= 0.3 is 0 Å². The number of aromatic nitrogens is 5. The number of H-pyrrole nitrogens is 1. The molecule has 0 amide bonds. The number of nitro groups is 1. The zero-order chi connectivity index (χ0) is 14.1. The highest BCUT2D eigenvalue weighted by Crippen LogP contribution is 2.28. The fourth-order valence-corrected chi connectivity index (χ4v) is 2.03. The molecule has 0 radical (unpaired) electrons. The first-order valence-corrected chi connectivity index (χ1v) is 6.07. The number of hydrogen-bond donors (Lipinski definition) is 1. The minimum atomic E-state index is -0.498. The van der Waals surface area contributed by atoms with Crippen molar-refractivity contribution < 1.29 is 9.45 Å². The van der Waals surface area contributed by atoms with E-state index in [-0.39, 0.29) is 17.4 Å². The van der Waals surface area contributed by atoms with Crippen LogP contribution in [-0.2, 0) is 0 Å². The van der Waals surface area contributed by atoms with Crippen molar-refractivity contribution in [2.45, 2.75) is 0 Å². The molecule has 100 valence electrons. The van der Waals surface area contributed by atoms with Crippen LogP contribution < -0.4 is 0 Å². The van der Waals surface area contributed by atoms with Gasteiger partial charge in [-0.2, -0.15) is 10.1 Å². The van der Waals surface area contributed by atoms with Crippen molar-refractivity contribution in [1.29, 1.82) is 0 Å². The average molecular weight is 337 g/mol. The largest absolute Gasteiger partial charge is 0.333 e. The third-order valence-corrected chi connectivity index (χ3v) is 2.85. The van der Waals surface area contributed by atoms with Crippen molar-refractivity contribution in [1.82, 2.24) is 25.3 Å². The van der Waals surface area contributed by atoms with Crippen molar-refractivity contribution in [2.75, 3.05) is 0 Å². The summed E-state index contributed by atoms with van der Waals surface area (Å²) in [4.78, 5) is 18.3. The molecule has 0 aliphatic heterocycles. The summed E-state index contributed by atoms with van der Waals surface area (Å²) in [6, 6.07) is 4.38. The molecular formula is C10H5BrN6O3. The molecule has 1 N–H and O–H groups in total. The van der Waals surface area contributed by atoms with Crippen LogP contribution in [0.1, 0.15) is 0 Å². The monoisotopic (exact) mass is 336 g/mol. The number of nitrogens with zero attached hydrogens (tertiary/aromatic N) is 5. The first kappa shape index (κ1) is 12.4. The Balaban J connectivity index is 2.03. The summed E-state index contributed by atoms with van der Waals surface area (Å²) < 4.78 is 5.61. The lowest BCUT2D eigenvalue weighted by molar-refractivity contribution is -0.384. The maximum Gasteiger partial charge on any atom is 0.271 e. The Hall–Kier alpha value is -2.62. The van der Waals surface area contributed by atoms with Gasteiger partial charge in [0.15, 0.2) is 5.82 Å². The highest BCUT2D eigenvalue weighted by molar-refractivity contribution is 9.10. The molecule has 2 aromatic heterocycles. The van der Waals surface area contributed by atoms with Crippen molar-refractivity contribution >= 4 is 21.6 Å². The first-order chi connectivity index (χ1) is 9.63. The second-order valence-electron chi connectivity index (χ2n) is 3.71. The van der Waals surface area contributed by atoms with Gasteiger partial charge in [-0.05, 0) is 6.07 Å². The van der Waals surface area contributed by atoms with Crippen LogP contribution in [0.5, 0.6) is 0 Å². The van der Waals surface area contributed by atoms with Gasteiger partial charge in [0.05, 0.1) is 4.92 Å². The Kier molecular flexibility index (Phi) is 2.99. The van der Waals surface area contributed by atoms with Crippen LogP contribution in [0.25, 0.3) is 23.1 Å². The molecule has 10 heteroatoms. The zero-order valence-corrected chi connectivity index (χ0v) is 11.2. The van der Waals surface area contributed by atoms with Gasteiger partial charge in [-0.25, -0.2) is 4.98 Å². The molecule has 20 heavy (non-hydrogen) atoms. The van der Waals surface area contributed by atoms with Crippen LogP contribution >= 0.6 is 15.9 Å². The van der Waals surface area contributed by atoms with Crippen LogP contribution in [0.4, 0.5) is 5.69 Å². The number of hydrogen-bond acceptors (Lipinski definition) is 7. The van der Waals surface area contributed by atoms with Crippen LogP contribution in [0, 0.1) is 10.1 Å². The molecule has 0 aliphatic carbocycles. The highest BCUT2D eigenvalue weighted by atomic mass is 79.9. The van der Waals surface area contributed by atoms with Crippen molar-refractivity contribution in [3.63, 3.8) is 0 Å². The molecule has 0 unspecified atom stereocenters. The number of nitro benzene ring substituents is 1. The van der Waals surface area contributed by atoms with Gasteiger partial charge in [0, 0.05) is 22.2 Å². The summed E-state index contributed by atoms with van der Waals surface area (Å²) in [5.41, 5.74) is 0.359. The van der Waals surface area contributed by atoms with Crippen molar-refractivity contribution in [2.24, 2.45) is 0 Å². The Morgan fingerprint density at radius 3 is 2.90 bits per heavy atom. The van der Waals surface area contributed by atoms with E-state index in [0.29, 0.717) is 15.9 Å². The van der Waals surface area contributed by atoms with E-state index in [1.54, 1.807) is 6.07 Å². The summed E-state index contributed by atoms with van der Waals surface area (Å²) in [6.07, 6.45) is 1.31. The molecule has 0 atom stereocenters. The maximum atomic E-state index is 10.8. The molecule has 9 nitrogen and oxygen atoms in total. The Labute approximate surface area is 119 Å². The summed E-state index contributed by atoms with van der Waals surface area (Å²) in [7, 11) is 0. The topological polar surface area (TPSA) is 124 Å². The second kappa shape index (κ2) is 4.81. The highest BCUT2D eigenvalue weighted by Gasteiger charge is 2.16. The van der Waals surface area contributed by atoms with E-state index in [1.165, 1.54) is 18.5 Å². The third-order valence-electron chi connectivity index (χ3n) is 2.39. The second-order valence-corrected chi connectivity index (χ2v) is 4.63. The van der Waals surface area contributed by atoms with Crippen LogP contribution in [0.15, 0.2) is 33.5 Å². The van der Waals surface area contributed by atoms with Crippen molar-refractivity contribution in [3.8, 4) is 23.1 Å². The summed E-state index contributed by atoms with van der Waals surface area (Å²) >= 11 is 3.20. The summed E-state index contributed by atoms with van der Waals surface area (Å²) in [5.74, 6) is 0.727. The van der Waals surface area contributed by atoms with Crippen LogP contribution in [-0.4, -0.2) is 30.2 Å². The molecule has 0 spiro atoms. The standard InChI is InChI=1S/C10H5BrN6O3/c11-6-1-5(2-7(3-6)17(18)19)10-14-9(16-20-10)8-12-4-13-15-8/h1-4H,(H,12,13,15). The van der Waals surface area contributed by atoms with Gasteiger partial charge in [0.1, 0.15) is 6.33 Å². The number of rotatable bonds is 3. The van der Waals surface area contributed by atoms with E-state index in [0.717, 1.165) is 0 Å². The Morgan fingerprint density at radius 2 is 2.20 bits per heavy atom. The average Bonchev–Trinajstić information content (AvgIpc) is 3.09. The SMILES string of the molecule is O=[N+]([O-])c1cc(Br)cc(-c2nc(-c3ncn[nH]3)no2)c1. The summed E-state index contributed by atoms with van der Waals surface area (Å²) in [6.45, 7) is 0. The predicted molar refractivity (Wildman–Crippen MR) is 69.5 cm³/mol. The van der Waals surface area contributed by atoms with Gasteiger partial charge in [-0.3, -0.25) is 15.2 Å². The number of non-ortho nitro benzene ring substituents is 1. The van der Waals surface area contributed by atoms with Gasteiger partial charge in [-0.1, -0.05) is 21.1 Å². The smallest absolute Gasteiger partial charge is 0.271 e. The van der Waals surface area contributed by atoms with E-state index >= 15 is 0 Å². The minimum absolute atomic E-state index is 0.0752. The number of benzene rings is 1. The van der Waals surface area contributed by atoms with E-state index in [2.05, 4.69) is 41.3 Å². The zero-order valence-electron chi connectivity index (χ0n) is 9.65. The van der Waals surface area contributed by atoms with Gasteiger partial charge < -0.3 is 4.52 Å². The lowest BCUT2D eigenvalue weighted by Crippen LogP contribution is -1.89. The predicted octanol–water partition coefficient (Wildman–Crippen LogP) is 2.19. The molecule has 1 aromatic carbocycles. The van der Waals surface area contributed by atoms with Gasteiger partial charge in [0.2, 0.25) is 5.82 Å². The minimum Gasteiger partial charge on any atom is -0.333 e. The van der Waals surface area contributed by atoms with E-state index in [1.807, 2.05) is 0 Å². The maximum absolute atomic E-state index is 10.8. The van der Waals surface area contributed by atoms with Crippen molar-refractivity contribution in [3.05, 3.63) is 39.1 Å². The molecule has 0 saturated carbocycles. The fraction of sp³-hybridized carbons (Fsp3) is 0. The Bertz CT molecular complexity index is 769. The molecule has 2 heterocycles. The van der Waals surface area contributed by atoms with Gasteiger partial charge in [-0.15, -0.1) is 0 Å². The molecule has 0 bridgehead atoms. The fourth-order valence-electron chi connectivity index (χ4n) is 1.55. The Morgan fingerprint density at radius 1 is 1.35 bits per heavy atom. The van der Waals surface area contributed by atoms with Crippen LogP contribution in [0.2, 0.25) is 0 Å². The van der Waals surface area contributed by atoms with E-state index < -0.39 is 4.92 Å². The van der Waals surface area contributed by atoms with Crippen LogP contribution in [0.3, 0.4) is 0 Å². The quantitative estimate of drug-likeness (QED) is 0.574. The molecule has 0 fully saturated rings. The molecular weight excluding hydrogens is 332 g/mol. The molecule has 3 aromatic rings. The molecule has 0 saturated heterocycles. The normalized spacial score (nSPS) is 10.7. The van der Waals surface area contributed by atoms with E-state index in [9.17, 15) is 10.1 Å². The molecule has 0 aliphatic rings. The number of halogens is 1. The first-order valence-electron chi connectivity index (χ1n) is 5.28. The lowest BCUT2D eigenvalue weighted by Gasteiger charge is -1.97. The third kappa shape index (κ3) is 2.28. The lowest BCUT2D eigenvalue weighted by atomic mass is 10.2. The number of aromatic amines is 1. The van der Waals surface area contributed by atoms with Gasteiger partial charge in [0.25, 0.3) is 11.6 Å².